The normalized spacial score (nSPS) is 14.9. The number of fused-ring (bicyclic) bond motifs is 3. The van der Waals surface area contributed by atoms with Gasteiger partial charge in [0.2, 0.25) is 0 Å². The van der Waals surface area contributed by atoms with Gasteiger partial charge in [0.15, 0.2) is 6.61 Å². The van der Waals surface area contributed by atoms with E-state index in [9.17, 15) is 9.59 Å². The van der Waals surface area contributed by atoms with Gasteiger partial charge in [-0.1, -0.05) is 6.92 Å². The van der Waals surface area contributed by atoms with Gasteiger partial charge in [-0.25, -0.2) is 4.79 Å². The lowest BCUT2D eigenvalue weighted by atomic mass is 9.95. The zero-order valence-electron chi connectivity index (χ0n) is 14.3. The smallest absolute Gasteiger partial charge is 0.338 e. The van der Waals surface area contributed by atoms with Crippen LogP contribution in [0.4, 0.5) is 0 Å². The third-order valence-corrected chi connectivity index (χ3v) is 4.69. The number of aromatic amines is 1. The molecule has 1 aliphatic rings. The molecule has 1 aromatic carbocycles. The zero-order chi connectivity index (χ0) is 17.1. The van der Waals surface area contributed by atoms with Crippen molar-refractivity contribution >= 4 is 22.8 Å². The summed E-state index contributed by atoms with van der Waals surface area (Å²) in [5, 5.41) is 3.88. The Kier molecular flexibility index (Phi) is 4.88. The minimum absolute atomic E-state index is 0.0823. The van der Waals surface area contributed by atoms with Crippen molar-refractivity contribution in [3.05, 3.63) is 35.0 Å². The SMILES string of the molecule is CCC(C)NC(=O)COC(=O)c1ccc2[nH]c3c(c2c1)CCCC3. The first kappa shape index (κ1) is 16.6. The highest BCUT2D eigenvalue weighted by Gasteiger charge is 2.18. The van der Waals surface area contributed by atoms with E-state index in [1.54, 1.807) is 6.07 Å². The molecular formula is C19H24N2O3. The fourth-order valence-corrected chi connectivity index (χ4v) is 3.17. The average molecular weight is 328 g/mol. The summed E-state index contributed by atoms with van der Waals surface area (Å²) in [6.07, 6.45) is 5.35. The van der Waals surface area contributed by atoms with E-state index in [4.69, 9.17) is 4.74 Å². The summed E-state index contributed by atoms with van der Waals surface area (Å²) in [5.41, 5.74) is 4.16. The first-order chi connectivity index (χ1) is 11.6. The molecule has 1 unspecified atom stereocenters. The molecule has 0 radical (unpaired) electrons. The third kappa shape index (κ3) is 3.45. The lowest BCUT2D eigenvalue weighted by Gasteiger charge is -2.12. The average Bonchev–Trinajstić information content (AvgIpc) is 2.97. The summed E-state index contributed by atoms with van der Waals surface area (Å²) in [5.74, 6) is -0.722. The van der Waals surface area contributed by atoms with E-state index in [2.05, 4.69) is 10.3 Å². The van der Waals surface area contributed by atoms with Crippen LogP contribution in [0.1, 0.15) is 54.7 Å². The highest BCUT2D eigenvalue weighted by Crippen LogP contribution is 2.29. The predicted octanol–water partition coefficient (Wildman–Crippen LogP) is 3.12. The van der Waals surface area contributed by atoms with E-state index >= 15 is 0 Å². The van der Waals surface area contributed by atoms with Crippen LogP contribution in [0.5, 0.6) is 0 Å². The molecule has 0 spiro atoms. The predicted molar refractivity (Wildman–Crippen MR) is 93.1 cm³/mol. The Hall–Kier alpha value is -2.30. The van der Waals surface area contributed by atoms with Crippen LogP contribution in [0.3, 0.4) is 0 Å². The van der Waals surface area contributed by atoms with Crippen molar-refractivity contribution in [1.82, 2.24) is 10.3 Å². The van der Waals surface area contributed by atoms with Crippen LogP contribution in [0, 0.1) is 0 Å². The molecule has 0 bridgehead atoms. The number of aryl methyl sites for hydroxylation is 2. The van der Waals surface area contributed by atoms with Crippen LogP contribution in [-0.2, 0) is 22.4 Å². The number of esters is 1. The van der Waals surface area contributed by atoms with Crippen molar-refractivity contribution in [3.8, 4) is 0 Å². The zero-order valence-corrected chi connectivity index (χ0v) is 14.3. The summed E-state index contributed by atoms with van der Waals surface area (Å²) in [6.45, 7) is 3.67. The van der Waals surface area contributed by atoms with Crippen molar-refractivity contribution in [3.63, 3.8) is 0 Å². The molecule has 2 aromatic rings. The van der Waals surface area contributed by atoms with E-state index in [0.29, 0.717) is 5.56 Å². The monoisotopic (exact) mass is 328 g/mol. The number of H-pyrrole nitrogens is 1. The van der Waals surface area contributed by atoms with Crippen LogP contribution >= 0.6 is 0 Å². The molecule has 0 saturated heterocycles. The largest absolute Gasteiger partial charge is 0.452 e. The molecule has 5 nitrogen and oxygen atoms in total. The second-order valence-corrected chi connectivity index (χ2v) is 6.50. The third-order valence-electron chi connectivity index (χ3n) is 4.69. The molecule has 1 aliphatic carbocycles. The Morgan fingerprint density at radius 3 is 2.88 bits per heavy atom. The number of hydrogen-bond donors (Lipinski definition) is 2. The fraction of sp³-hybridized carbons (Fsp3) is 0.474. The van der Waals surface area contributed by atoms with Gasteiger partial charge in [0, 0.05) is 22.6 Å². The Morgan fingerprint density at radius 2 is 2.08 bits per heavy atom. The highest BCUT2D eigenvalue weighted by atomic mass is 16.5. The summed E-state index contributed by atoms with van der Waals surface area (Å²) in [4.78, 5) is 27.4. The van der Waals surface area contributed by atoms with Gasteiger partial charge in [0.25, 0.3) is 5.91 Å². The lowest BCUT2D eigenvalue weighted by molar-refractivity contribution is -0.124. The standard InChI is InChI=1S/C19H24N2O3/c1-3-12(2)20-18(22)11-24-19(23)13-8-9-17-15(10-13)14-6-4-5-7-16(14)21-17/h8-10,12,21H,3-7,11H2,1-2H3,(H,20,22). The summed E-state index contributed by atoms with van der Waals surface area (Å²) in [7, 11) is 0. The Labute approximate surface area is 141 Å². The van der Waals surface area contributed by atoms with Gasteiger partial charge in [-0.15, -0.1) is 0 Å². The van der Waals surface area contributed by atoms with E-state index < -0.39 is 5.97 Å². The molecule has 1 heterocycles. The molecule has 5 heteroatoms. The number of nitrogens with one attached hydrogen (secondary N) is 2. The fourth-order valence-electron chi connectivity index (χ4n) is 3.17. The maximum atomic E-state index is 12.2. The van der Waals surface area contributed by atoms with Gasteiger partial charge in [0.1, 0.15) is 0 Å². The van der Waals surface area contributed by atoms with Crippen molar-refractivity contribution in [2.24, 2.45) is 0 Å². The molecule has 0 aliphatic heterocycles. The molecule has 128 valence electrons. The Morgan fingerprint density at radius 1 is 1.29 bits per heavy atom. The molecule has 1 aromatic heterocycles. The number of hydrogen-bond acceptors (Lipinski definition) is 3. The number of ether oxygens (including phenoxy) is 1. The van der Waals surface area contributed by atoms with E-state index in [1.807, 2.05) is 26.0 Å². The van der Waals surface area contributed by atoms with Crippen LogP contribution in [-0.4, -0.2) is 29.5 Å². The molecule has 2 N–H and O–H groups in total. The van der Waals surface area contributed by atoms with E-state index in [1.165, 1.54) is 24.1 Å². The number of amides is 1. The summed E-state index contributed by atoms with van der Waals surface area (Å²) in [6, 6.07) is 5.63. The van der Waals surface area contributed by atoms with Crippen LogP contribution in [0.15, 0.2) is 18.2 Å². The maximum Gasteiger partial charge on any atom is 0.338 e. The van der Waals surface area contributed by atoms with Crippen LogP contribution < -0.4 is 5.32 Å². The number of carbonyl (C=O) groups excluding carboxylic acids is 2. The van der Waals surface area contributed by atoms with Gasteiger partial charge in [0.05, 0.1) is 5.56 Å². The number of carbonyl (C=O) groups is 2. The Bertz CT molecular complexity index is 763. The van der Waals surface area contributed by atoms with Gasteiger partial charge in [-0.3, -0.25) is 4.79 Å². The topological polar surface area (TPSA) is 71.2 Å². The minimum atomic E-state index is -0.457. The number of aromatic nitrogens is 1. The molecule has 0 saturated carbocycles. The second kappa shape index (κ2) is 7.07. The maximum absolute atomic E-state index is 12.2. The van der Waals surface area contributed by atoms with Crippen LogP contribution in [0.2, 0.25) is 0 Å². The lowest BCUT2D eigenvalue weighted by Crippen LogP contribution is -2.35. The number of rotatable bonds is 5. The highest BCUT2D eigenvalue weighted by molar-refractivity contribution is 5.97. The van der Waals surface area contributed by atoms with Crippen molar-refractivity contribution in [2.45, 2.75) is 52.0 Å². The van der Waals surface area contributed by atoms with Crippen molar-refractivity contribution < 1.29 is 14.3 Å². The van der Waals surface area contributed by atoms with Gasteiger partial charge in [-0.2, -0.15) is 0 Å². The van der Waals surface area contributed by atoms with E-state index in [0.717, 1.165) is 30.2 Å². The van der Waals surface area contributed by atoms with Gasteiger partial charge < -0.3 is 15.0 Å². The van der Waals surface area contributed by atoms with Crippen molar-refractivity contribution in [1.29, 1.82) is 0 Å². The summed E-state index contributed by atoms with van der Waals surface area (Å²) < 4.78 is 5.14. The molecule has 1 amide bonds. The molecular weight excluding hydrogens is 304 g/mol. The molecule has 1 atom stereocenters. The number of benzene rings is 1. The summed E-state index contributed by atoms with van der Waals surface area (Å²) >= 11 is 0. The minimum Gasteiger partial charge on any atom is -0.452 e. The first-order valence-corrected chi connectivity index (χ1v) is 8.68. The molecule has 24 heavy (non-hydrogen) atoms. The van der Waals surface area contributed by atoms with Crippen molar-refractivity contribution in [2.75, 3.05) is 6.61 Å². The van der Waals surface area contributed by atoms with Gasteiger partial charge in [-0.05, 0) is 62.8 Å². The molecule has 3 rings (SSSR count). The Balaban J connectivity index is 1.70. The second-order valence-electron chi connectivity index (χ2n) is 6.50. The van der Waals surface area contributed by atoms with E-state index in [-0.39, 0.29) is 18.6 Å². The molecule has 0 fully saturated rings. The first-order valence-electron chi connectivity index (χ1n) is 8.68. The quantitative estimate of drug-likeness (QED) is 0.829. The van der Waals surface area contributed by atoms with Gasteiger partial charge >= 0.3 is 5.97 Å². The van der Waals surface area contributed by atoms with Crippen LogP contribution in [0.25, 0.3) is 10.9 Å².